The first-order valence-corrected chi connectivity index (χ1v) is 6.35. The van der Waals surface area contributed by atoms with E-state index in [1.807, 2.05) is 0 Å². The Balaban J connectivity index is 0.00000400. The van der Waals surface area contributed by atoms with Crippen molar-refractivity contribution >= 4 is 18.3 Å². The van der Waals surface area contributed by atoms with Crippen LogP contribution in [0.1, 0.15) is 31.9 Å². The molecule has 21 heavy (non-hydrogen) atoms. The van der Waals surface area contributed by atoms with Crippen LogP contribution in [0.15, 0.2) is 12.1 Å². The molecule has 1 aromatic carbocycles. The lowest BCUT2D eigenvalue weighted by atomic mass is 10.1. The van der Waals surface area contributed by atoms with E-state index >= 15 is 0 Å². The van der Waals surface area contributed by atoms with Gasteiger partial charge in [0.25, 0.3) is 0 Å². The van der Waals surface area contributed by atoms with E-state index in [1.54, 1.807) is 13.8 Å². The van der Waals surface area contributed by atoms with Crippen LogP contribution < -0.4 is 20.5 Å². The molecule has 0 aromatic heterocycles. The van der Waals surface area contributed by atoms with Gasteiger partial charge in [-0.15, -0.1) is 12.4 Å². The number of ether oxygens (including phenoxy) is 2. The molecule has 0 saturated heterocycles. The van der Waals surface area contributed by atoms with Gasteiger partial charge in [0.15, 0.2) is 11.5 Å². The summed E-state index contributed by atoms with van der Waals surface area (Å²) in [6, 6.07) is 2.03. The first-order chi connectivity index (χ1) is 9.38. The van der Waals surface area contributed by atoms with Crippen molar-refractivity contribution in [2.24, 2.45) is 5.73 Å². The highest BCUT2D eigenvalue weighted by Gasteiger charge is 2.18. The number of amides is 1. The molecule has 7 heteroatoms. The smallest absolute Gasteiger partial charge is 0.222 e. The molecular weight excluding hydrogens is 299 g/mol. The summed E-state index contributed by atoms with van der Waals surface area (Å²) in [5.74, 6) is 0.0398. The summed E-state index contributed by atoms with van der Waals surface area (Å²) in [5.41, 5.74) is 5.88. The van der Waals surface area contributed by atoms with Crippen LogP contribution in [0.25, 0.3) is 0 Å². The molecule has 0 radical (unpaired) electrons. The van der Waals surface area contributed by atoms with Crippen LogP contribution in [0.2, 0.25) is 0 Å². The summed E-state index contributed by atoms with van der Waals surface area (Å²) in [6.07, 6.45) is 0.194. The van der Waals surface area contributed by atoms with Crippen LogP contribution >= 0.6 is 12.4 Å². The molecule has 1 amide bonds. The van der Waals surface area contributed by atoms with E-state index in [0.717, 1.165) is 0 Å². The molecule has 0 aliphatic heterocycles. The summed E-state index contributed by atoms with van der Waals surface area (Å²) in [7, 11) is 2.91. The van der Waals surface area contributed by atoms with Gasteiger partial charge < -0.3 is 20.5 Å². The molecule has 5 nitrogen and oxygen atoms in total. The topological polar surface area (TPSA) is 73.6 Å². The van der Waals surface area contributed by atoms with Gasteiger partial charge in [-0.25, -0.2) is 4.39 Å². The first kappa shape index (κ1) is 19.5. The number of hydrogen-bond donors (Lipinski definition) is 2. The lowest BCUT2D eigenvalue weighted by Gasteiger charge is -2.18. The van der Waals surface area contributed by atoms with Gasteiger partial charge in [-0.05, 0) is 19.9 Å². The number of nitrogens with two attached hydrogens (primary N) is 1. The maximum atomic E-state index is 14.0. The Morgan fingerprint density at radius 1 is 1.29 bits per heavy atom. The Kier molecular flexibility index (Phi) is 8.06. The average Bonchev–Trinajstić information content (AvgIpc) is 2.36. The zero-order valence-corrected chi connectivity index (χ0v) is 13.4. The predicted octanol–water partition coefficient (Wildman–Crippen LogP) is 2.18. The highest BCUT2D eigenvalue weighted by molar-refractivity contribution is 5.85. The predicted molar refractivity (Wildman–Crippen MR) is 81.6 cm³/mol. The lowest BCUT2D eigenvalue weighted by molar-refractivity contribution is -0.122. The van der Waals surface area contributed by atoms with Crippen LogP contribution in [0.3, 0.4) is 0 Å². The van der Waals surface area contributed by atoms with Gasteiger partial charge in [-0.2, -0.15) is 0 Å². The zero-order valence-electron chi connectivity index (χ0n) is 12.6. The van der Waals surface area contributed by atoms with Crippen LogP contribution in [0.5, 0.6) is 11.5 Å². The molecule has 0 spiro atoms. The molecule has 0 fully saturated rings. The fourth-order valence-corrected chi connectivity index (χ4v) is 1.87. The highest BCUT2D eigenvalue weighted by Crippen LogP contribution is 2.32. The summed E-state index contributed by atoms with van der Waals surface area (Å²) >= 11 is 0. The molecule has 1 rings (SSSR count). The third-order valence-electron chi connectivity index (χ3n) is 2.85. The molecule has 3 N–H and O–H groups in total. The van der Waals surface area contributed by atoms with Crippen molar-refractivity contribution < 1.29 is 18.7 Å². The molecule has 0 aliphatic rings. The van der Waals surface area contributed by atoms with Crippen molar-refractivity contribution in [2.45, 2.75) is 32.4 Å². The molecule has 0 aliphatic carbocycles. The van der Waals surface area contributed by atoms with Gasteiger partial charge in [-0.1, -0.05) is 0 Å². The number of rotatable bonds is 6. The molecule has 2 atom stereocenters. The largest absolute Gasteiger partial charge is 0.493 e. The van der Waals surface area contributed by atoms with E-state index in [-0.39, 0.29) is 30.8 Å². The number of hydrogen-bond acceptors (Lipinski definition) is 4. The number of halogens is 2. The molecular formula is C14H22ClFN2O3. The van der Waals surface area contributed by atoms with E-state index in [1.165, 1.54) is 26.4 Å². The summed E-state index contributed by atoms with van der Waals surface area (Å²) in [4.78, 5) is 11.7. The van der Waals surface area contributed by atoms with Crippen molar-refractivity contribution in [2.75, 3.05) is 14.2 Å². The molecule has 1 aromatic rings. The van der Waals surface area contributed by atoms with Gasteiger partial charge in [0.05, 0.1) is 20.3 Å². The fraction of sp³-hybridized carbons (Fsp3) is 0.500. The molecule has 120 valence electrons. The monoisotopic (exact) mass is 320 g/mol. The van der Waals surface area contributed by atoms with Crippen molar-refractivity contribution in [1.29, 1.82) is 0 Å². The van der Waals surface area contributed by atoms with Crippen LogP contribution in [-0.4, -0.2) is 26.2 Å². The minimum atomic E-state index is -0.485. The minimum absolute atomic E-state index is 0. The number of benzene rings is 1. The van der Waals surface area contributed by atoms with E-state index in [9.17, 15) is 9.18 Å². The van der Waals surface area contributed by atoms with E-state index in [0.29, 0.717) is 17.1 Å². The van der Waals surface area contributed by atoms with Gasteiger partial charge in [0.2, 0.25) is 5.91 Å². The molecule has 0 bridgehead atoms. The number of nitrogens with one attached hydrogen (secondary N) is 1. The standard InChI is InChI=1S/C14H21FN2O3.ClH/c1-8(16)5-14(18)17-9(2)10-6-12(19-3)13(20-4)7-11(10)15;/h6-9H,5,16H2,1-4H3,(H,17,18);1H. The van der Waals surface area contributed by atoms with Crippen LogP contribution in [0, 0.1) is 5.82 Å². The number of carbonyl (C=O) groups is 1. The van der Waals surface area contributed by atoms with Crippen molar-refractivity contribution in [1.82, 2.24) is 5.32 Å². The van der Waals surface area contributed by atoms with E-state index in [4.69, 9.17) is 15.2 Å². The van der Waals surface area contributed by atoms with Crippen LogP contribution in [0.4, 0.5) is 4.39 Å². The maximum Gasteiger partial charge on any atom is 0.222 e. The first-order valence-electron chi connectivity index (χ1n) is 6.35. The zero-order chi connectivity index (χ0) is 15.3. The Labute approximate surface area is 130 Å². The van der Waals surface area contributed by atoms with Gasteiger partial charge in [-0.3, -0.25) is 4.79 Å². The minimum Gasteiger partial charge on any atom is -0.493 e. The molecule has 2 unspecified atom stereocenters. The SMILES string of the molecule is COc1cc(F)c(C(C)NC(=O)CC(C)N)cc1OC.Cl. The summed E-state index contributed by atoms with van der Waals surface area (Å²) in [5, 5.41) is 2.70. The fourth-order valence-electron chi connectivity index (χ4n) is 1.87. The second-order valence-corrected chi connectivity index (χ2v) is 4.70. The normalized spacial score (nSPS) is 12.9. The van der Waals surface area contributed by atoms with E-state index in [2.05, 4.69) is 5.32 Å². The second-order valence-electron chi connectivity index (χ2n) is 4.70. The van der Waals surface area contributed by atoms with Gasteiger partial charge in [0.1, 0.15) is 5.82 Å². The second kappa shape index (κ2) is 8.69. The Morgan fingerprint density at radius 3 is 2.29 bits per heavy atom. The highest BCUT2D eigenvalue weighted by atomic mass is 35.5. The third kappa shape index (κ3) is 5.40. The quantitative estimate of drug-likeness (QED) is 0.842. The van der Waals surface area contributed by atoms with Gasteiger partial charge in [0, 0.05) is 24.1 Å². The Bertz CT molecular complexity index is 484. The van der Waals surface area contributed by atoms with Gasteiger partial charge >= 0.3 is 0 Å². The van der Waals surface area contributed by atoms with Crippen molar-refractivity contribution in [3.63, 3.8) is 0 Å². The third-order valence-corrected chi connectivity index (χ3v) is 2.85. The van der Waals surface area contributed by atoms with Crippen molar-refractivity contribution in [3.8, 4) is 11.5 Å². The van der Waals surface area contributed by atoms with E-state index < -0.39 is 11.9 Å². The van der Waals surface area contributed by atoms with Crippen molar-refractivity contribution in [3.05, 3.63) is 23.5 Å². The lowest BCUT2D eigenvalue weighted by Crippen LogP contribution is -2.32. The summed E-state index contributed by atoms with van der Waals surface area (Å²) < 4.78 is 24.1. The molecule has 0 saturated carbocycles. The average molecular weight is 321 g/mol. The summed E-state index contributed by atoms with van der Waals surface area (Å²) in [6.45, 7) is 3.44. The number of carbonyl (C=O) groups excluding carboxylic acids is 1. The maximum absolute atomic E-state index is 14.0. The Morgan fingerprint density at radius 2 is 1.81 bits per heavy atom. The van der Waals surface area contributed by atoms with Crippen LogP contribution in [-0.2, 0) is 4.79 Å². The Hall–Kier alpha value is -1.53. The molecule has 0 heterocycles. The number of methoxy groups -OCH3 is 2.